The van der Waals surface area contributed by atoms with E-state index in [1.165, 1.54) is 0 Å². The molecule has 2 aromatic carbocycles. The van der Waals surface area contributed by atoms with Crippen LogP contribution in [0, 0.1) is 0 Å². The Labute approximate surface area is 128 Å². The zero-order valence-corrected chi connectivity index (χ0v) is 12.2. The van der Waals surface area contributed by atoms with Crippen LogP contribution in [0.25, 0.3) is 11.1 Å². The van der Waals surface area contributed by atoms with Crippen molar-refractivity contribution < 1.29 is 9.47 Å². The molecule has 0 aliphatic rings. The number of ether oxygens (including phenoxy) is 2. The number of benzene rings is 2. The molecule has 0 aliphatic heterocycles. The molecule has 0 bridgehead atoms. The van der Waals surface area contributed by atoms with Crippen molar-refractivity contribution in [2.45, 2.75) is 6.61 Å². The third kappa shape index (κ3) is 2.88. The molecule has 1 aromatic heterocycles. The third-order valence-electron chi connectivity index (χ3n) is 3.38. The summed E-state index contributed by atoms with van der Waals surface area (Å²) in [5.41, 5.74) is 8.72. The quantitative estimate of drug-likeness (QED) is 0.758. The summed E-state index contributed by atoms with van der Waals surface area (Å²) in [7, 11) is 1.62. The van der Waals surface area contributed by atoms with Crippen molar-refractivity contribution in [2.24, 2.45) is 0 Å². The molecule has 0 fully saturated rings. The van der Waals surface area contributed by atoms with Crippen LogP contribution in [0.3, 0.4) is 0 Å². The first-order chi connectivity index (χ1) is 10.8. The van der Waals surface area contributed by atoms with Crippen LogP contribution in [0.2, 0.25) is 0 Å². The minimum Gasteiger partial charge on any atom is -0.493 e. The second-order valence-electron chi connectivity index (χ2n) is 4.84. The van der Waals surface area contributed by atoms with Crippen LogP contribution in [0.15, 0.2) is 54.7 Å². The first-order valence-electron chi connectivity index (χ1n) is 6.92. The van der Waals surface area contributed by atoms with E-state index in [4.69, 9.17) is 15.2 Å². The molecule has 0 aliphatic carbocycles. The Kier molecular flexibility index (Phi) is 3.96. The third-order valence-corrected chi connectivity index (χ3v) is 3.38. The molecular formula is C17H17N3O2. The van der Waals surface area contributed by atoms with Crippen molar-refractivity contribution >= 4 is 5.82 Å². The van der Waals surface area contributed by atoms with E-state index in [2.05, 4.69) is 10.2 Å². The number of hydrogen-bond donors (Lipinski definition) is 2. The molecule has 0 spiro atoms. The van der Waals surface area contributed by atoms with Gasteiger partial charge < -0.3 is 15.2 Å². The van der Waals surface area contributed by atoms with Gasteiger partial charge in [0.05, 0.1) is 13.3 Å². The van der Waals surface area contributed by atoms with E-state index in [0.717, 1.165) is 16.7 Å². The molecule has 22 heavy (non-hydrogen) atoms. The van der Waals surface area contributed by atoms with Crippen LogP contribution in [-0.4, -0.2) is 17.3 Å². The van der Waals surface area contributed by atoms with Crippen molar-refractivity contribution in [1.82, 2.24) is 10.2 Å². The highest BCUT2D eigenvalue weighted by molar-refractivity contribution is 5.75. The molecule has 1 heterocycles. The average Bonchev–Trinajstić information content (AvgIpc) is 3.00. The topological polar surface area (TPSA) is 73.2 Å². The van der Waals surface area contributed by atoms with Gasteiger partial charge >= 0.3 is 0 Å². The number of aromatic nitrogens is 2. The number of methoxy groups -OCH3 is 1. The summed E-state index contributed by atoms with van der Waals surface area (Å²) in [5.74, 6) is 1.88. The number of hydrogen-bond acceptors (Lipinski definition) is 4. The summed E-state index contributed by atoms with van der Waals surface area (Å²) in [6.07, 6.45) is 1.69. The predicted octanol–water partition coefficient (Wildman–Crippen LogP) is 3.25. The standard InChI is InChI=1S/C17H17N3O2/c1-21-16-9-13(14-10-19-20-17(14)18)7-8-15(16)22-11-12-5-3-2-4-6-12/h2-10H,11H2,1H3,(H3,18,19,20). The highest BCUT2D eigenvalue weighted by Crippen LogP contribution is 2.34. The maximum Gasteiger partial charge on any atom is 0.161 e. The zero-order valence-electron chi connectivity index (χ0n) is 12.2. The molecule has 3 N–H and O–H groups in total. The van der Waals surface area contributed by atoms with Gasteiger partial charge in [-0.1, -0.05) is 36.4 Å². The maximum absolute atomic E-state index is 5.85. The van der Waals surface area contributed by atoms with Crippen LogP contribution in [0.1, 0.15) is 5.56 Å². The van der Waals surface area contributed by atoms with E-state index in [1.807, 2.05) is 48.5 Å². The van der Waals surface area contributed by atoms with Crippen LogP contribution in [0.4, 0.5) is 5.82 Å². The molecule has 0 radical (unpaired) electrons. The second-order valence-corrected chi connectivity index (χ2v) is 4.84. The van der Waals surface area contributed by atoms with E-state index >= 15 is 0 Å². The number of nitrogens with two attached hydrogens (primary N) is 1. The number of nitrogens with one attached hydrogen (secondary N) is 1. The molecule has 0 unspecified atom stereocenters. The number of nitrogens with zero attached hydrogens (tertiary/aromatic N) is 1. The minimum atomic E-state index is 0.490. The first kappa shape index (κ1) is 14.0. The zero-order chi connectivity index (χ0) is 15.4. The van der Waals surface area contributed by atoms with Crippen LogP contribution in [0.5, 0.6) is 11.5 Å². The predicted molar refractivity (Wildman–Crippen MR) is 85.8 cm³/mol. The van der Waals surface area contributed by atoms with Gasteiger partial charge in [0.1, 0.15) is 12.4 Å². The molecular weight excluding hydrogens is 278 g/mol. The van der Waals surface area contributed by atoms with Gasteiger partial charge in [0.25, 0.3) is 0 Å². The lowest BCUT2D eigenvalue weighted by molar-refractivity contribution is 0.284. The van der Waals surface area contributed by atoms with Crippen LogP contribution >= 0.6 is 0 Å². The SMILES string of the molecule is COc1cc(-c2cn[nH]c2N)ccc1OCc1ccccc1. The molecule has 5 nitrogen and oxygen atoms in total. The second kappa shape index (κ2) is 6.22. The summed E-state index contributed by atoms with van der Waals surface area (Å²) in [6.45, 7) is 0.490. The normalized spacial score (nSPS) is 10.4. The van der Waals surface area contributed by atoms with E-state index in [0.29, 0.717) is 23.9 Å². The summed E-state index contributed by atoms with van der Waals surface area (Å²) < 4.78 is 11.3. The Hall–Kier alpha value is -2.95. The van der Waals surface area contributed by atoms with Gasteiger partial charge in [-0.25, -0.2) is 0 Å². The van der Waals surface area contributed by atoms with Crippen LogP contribution in [-0.2, 0) is 6.61 Å². The average molecular weight is 295 g/mol. The summed E-state index contributed by atoms with van der Waals surface area (Å²) in [6, 6.07) is 15.7. The molecule has 0 atom stereocenters. The minimum absolute atomic E-state index is 0.490. The number of nitrogen functional groups attached to an aromatic ring is 1. The number of H-pyrrole nitrogens is 1. The lowest BCUT2D eigenvalue weighted by Gasteiger charge is -2.12. The molecule has 0 saturated carbocycles. The molecule has 0 saturated heterocycles. The van der Waals surface area contributed by atoms with Gasteiger partial charge in [0.15, 0.2) is 11.5 Å². The van der Waals surface area contributed by atoms with Gasteiger partial charge in [-0.2, -0.15) is 5.10 Å². The number of rotatable bonds is 5. The van der Waals surface area contributed by atoms with E-state index in [1.54, 1.807) is 13.3 Å². The number of aromatic amines is 1. The van der Waals surface area contributed by atoms with Gasteiger partial charge in [0, 0.05) is 5.56 Å². The Morgan fingerprint density at radius 2 is 1.91 bits per heavy atom. The van der Waals surface area contributed by atoms with Crippen molar-refractivity contribution in [3.05, 3.63) is 60.3 Å². The highest BCUT2D eigenvalue weighted by Gasteiger charge is 2.10. The largest absolute Gasteiger partial charge is 0.493 e. The Morgan fingerprint density at radius 3 is 2.59 bits per heavy atom. The number of anilines is 1. The molecule has 3 rings (SSSR count). The summed E-state index contributed by atoms with van der Waals surface area (Å²) >= 11 is 0. The van der Waals surface area contributed by atoms with Gasteiger partial charge in [0.2, 0.25) is 0 Å². The van der Waals surface area contributed by atoms with Gasteiger partial charge in [-0.3, -0.25) is 5.10 Å². The fourth-order valence-corrected chi connectivity index (χ4v) is 2.22. The Bertz CT molecular complexity index is 754. The maximum atomic E-state index is 5.85. The highest BCUT2D eigenvalue weighted by atomic mass is 16.5. The molecule has 0 amide bonds. The first-order valence-corrected chi connectivity index (χ1v) is 6.92. The van der Waals surface area contributed by atoms with E-state index in [9.17, 15) is 0 Å². The lowest BCUT2D eigenvalue weighted by Crippen LogP contribution is -1.98. The molecule has 5 heteroatoms. The fraction of sp³-hybridized carbons (Fsp3) is 0.118. The van der Waals surface area contributed by atoms with Crippen molar-refractivity contribution in [3.63, 3.8) is 0 Å². The van der Waals surface area contributed by atoms with Crippen LogP contribution < -0.4 is 15.2 Å². The van der Waals surface area contributed by atoms with Crippen molar-refractivity contribution in [3.8, 4) is 22.6 Å². The van der Waals surface area contributed by atoms with Crippen molar-refractivity contribution in [1.29, 1.82) is 0 Å². The Morgan fingerprint density at radius 1 is 1.09 bits per heavy atom. The van der Waals surface area contributed by atoms with Crippen molar-refractivity contribution in [2.75, 3.05) is 12.8 Å². The van der Waals surface area contributed by atoms with Gasteiger partial charge in [-0.05, 0) is 23.3 Å². The van der Waals surface area contributed by atoms with E-state index < -0.39 is 0 Å². The monoisotopic (exact) mass is 295 g/mol. The lowest BCUT2D eigenvalue weighted by atomic mass is 10.1. The Balaban J connectivity index is 1.82. The fourth-order valence-electron chi connectivity index (χ4n) is 2.22. The molecule has 112 valence electrons. The van der Waals surface area contributed by atoms with E-state index in [-0.39, 0.29) is 0 Å². The smallest absolute Gasteiger partial charge is 0.161 e. The summed E-state index contributed by atoms with van der Waals surface area (Å²) in [4.78, 5) is 0. The summed E-state index contributed by atoms with van der Waals surface area (Å²) in [5, 5.41) is 6.65. The molecule has 3 aromatic rings. The van der Waals surface area contributed by atoms with Gasteiger partial charge in [-0.15, -0.1) is 0 Å².